The molecule has 0 saturated heterocycles. The van der Waals surface area contributed by atoms with Crippen LogP contribution in [-0.4, -0.2) is 24.3 Å². The molecular formula is C21H15N3O6S. The number of hydrogen-bond donors (Lipinski definition) is 3. The maximum atomic E-state index is 12.8. The molecule has 0 spiro atoms. The Balaban J connectivity index is 1.68. The first-order valence-electron chi connectivity index (χ1n) is 9.00. The highest BCUT2D eigenvalue weighted by Gasteiger charge is 2.22. The minimum Gasteiger partial charge on any atom is -0.378 e. The molecule has 3 aromatic carbocycles. The highest BCUT2D eigenvalue weighted by atomic mass is 32.2. The number of hydrogen-bond acceptors (Lipinski definition) is 6. The Kier molecular flexibility index (Phi) is 5.14. The number of aromatic nitrogens is 2. The van der Waals surface area contributed by atoms with Crippen molar-refractivity contribution in [1.29, 1.82) is 0 Å². The van der Waals surface area contributed by atoms with Crippen molar-refractivity contribution in [3.63, 3.8) is 0 Å². The van der Waals surface area contributed by atoms with E-state index in [0.717, 1.165) is 6.07 Å². The van der Waals surface area contributed by atoms with Crippen LogP contribution in [0.15, 0.2) is 87.3 Å². The van der Waals surface area contributed by atoms with Crippen molar-refractivity contribution >= 4 is 32.6 Å². The Hall–Kier alpha value is -4.18. The van der Waals surface area contributed by atoms with Crippen molar-refractivity contribution in [3.8, 4) is 5.75 Å². The van der Waals surface area contributed by atoms with Crippen molar-refractivity contribution in [1.82, 2.24) is 9.97 Å². The van der Waals surface area contributed by atoms with E-state index >= 15 is 0 Å². The number of nitrogens with one attached hydrogen (secondary N) is 3. The van der Waals surface area contributed by atoms with Gasteiger partial charge in [-0.15, -0.1) is 0 Å². The van der Waals surface area contributed by atoms with Crippen LogP contribution in [0, 0.1) is 0 Å². The lowest BCUT2D eigenvalue weighted by atomic mass is 10.2. The van der Waals surface area contributed by atoms with E-state index in [9.17, 15) is 22.8 Å². The Labute approximate surface area is 175 Å². The van der Waals surface area contributed by atoms with Gasteiger partial charge in [-0.3, -0.25) is 14.6 Å². The minimum absolute atomic E-state index is 0.0119. The van der Waals surface area contributed by atoms with Crippen molar-refractivity contribution < 1.29 is 17.4 Å². The lowest BCUT2D eigenvalue weighted by Gasteiger charge is -2.12. The second-order valence-corrected chi connectivity index (χ2v) is 8.02. The van der Waals surface area contributed by atoms with Crippen LogP contribution >= 0.6 is 0 Å². The number of para-hydroxylation sites is 2. The fourth-order valence-electron chi connectivity index (χ4n) is 2.91. The average Bonchev–Trinajstić information content (AvgIpc) is 2.74. The van der Waals surface area contributed by atoms with Gasteiger partial charge in [0.05, 0.1) is 16.5 Å². The largest absolute Gasteiger partial charge is 0.378 e. The van der Waals surface area contributed by atoms with Gasteiger partial charge in [0.1, 0.15) is 4.90 Å². The van der Waals surface area contributed by atoms with Crippen LogP contribution in [-0.2, 0) is 10.1 Å². The molecule has 4 rings (SSSR count). The van der Waals surface area contributed by atoms with E-state index in [0.29, 0.717) is 5.69 Å². The normalized spacial score (nSPS) is 11.2. The number of carbonyl (C=O) groups is 1. The van der Waals surface area contributed by atoms with Crippen LogP contribution in [0.25, 0.3) is 10.9 Å². The van der Waals surface area contributed by atoms with Gasteiger partial charge in [-0.1, -0.05) is 30.3 Å². The number of rotatable bonds is 5. The van der Waals surface area contributed by atoms with Gasteiger partial charge >= 0.3 is 15.8 Å². The molecule has 3 N–H and O–H groups in total. The molecule has 1 heterocycles. The van der Waals surface area contributed by atoms with Gasteiger partial charge in [-0.05, 0) is 42.5 Å². The first kappa shape index (κ1) is 20.1. The number of H-pyrrole nitrogens is 2. The van der Waals surface area contributed by atoms with Crippen LogP contribution in [0.4, 0.5) is 5.69 Å². The fraction of sp³-hybridized carbons (Fsp3) is 0. The second kappa shape index (κ2) is 7.92. The number of anilines is 1. The first-order valence-corrected chi connectivity index (χ1v) is 10.4. The number of carbonyl (C=O) groups excluding carboxylic acids is 1. The Morgan fingerprint density at radius 1 is 0.871 bits per heavy atom. The zero-order valence-corrected chi connectivity index (χ0v) is 16.6. The van der Waals surface area contributed by atoms with Gasteiger partial charge in [0.25, 0.3) is 11.5 Å². The molecule has 0 fully saturated rings. The van der Waals surface area contributed by atoms with Gasteiger partial charge in [0.15, 0.2) is 5.75 Å². The third-order valence-electron chi connectivity index (χ3n) is 4.36. The number of aromatic amines is 2. The summed E-state index contributed by atoms with van der Waals surface area (Å²) in [6.07, 6.45) is 0. The summed E-state index contributed by atoms with van der Waals surface area (Å²) in [6, 6.07) is 18.1. The summed E-state index contributed by atoms with van der Waals surface area (Å²) in [7, 11) is -4.39. The molecule has 156 valence electrons. The van der Waals surface area contributed by atoms with E-state index in [2.05, 4.69) is 10.3 Å². The molecule has 9 nitrogen and oxygen atoms in total. The molecule has 0 bridgehead atoms. The van der Waals surface area contributed by atoms with Crippen molar-refractivity contribution in [2.45, 2.75) is 4.90 Å². The van der Waals surface area contributed by atoms with Crippen LogP contribution in [0.1, 0.15) is 10.4 Å². The third-order valence-corrected chi connectivity index (χ3v) is 5.59. The van der Waals surface area contributed by atoms with E-state index in [4.69, 9.17) is 4.18 Å². The molecule has 1 aromatic heterocycles. The zero-order valence-electron chi connectivity index (χ0n) is 15.8. The Morgan fingerprint density at radius 3 is 2.35 bits per heavy atom. The molecule has 10 heteroatoms. The lowest BCUT2D eigenvalue weighted by Crippen LogP contribution is -2.22. The summed E-state index contributed by atoms with van der Waals surface area (Å²) in [5.41, 5.74) is -0.720. The number of amides is 1. The molecule has 0 saturated carbocycles. The zero-order chi connectivity index (χ0) is 22.0. The summed E-state index contributed by atoms with van der Waals surface area (Å²) in [5.74, 6) is -0.726. The van der Waals surface area contributed by atoms with Crippen LogP contribution in [0.5, 0.6) is 5.75 Å². The first-order chi connectivity index (χ1) is 14.8. The minimum atomic E-state index is -4.39. The second-order valence-electron chi connectivity index (χ2n) is 6.47. The van der Waals surface area contributed by atoms with Gasteiger partial charge in [0, 0.05) is 5.69 Å². The highest BCUT2D eigenvalue weighted by Crippen LogP contribution is 2.25. The summed E-state index contributed by atoms with van der Waals surface area (Å²) < 4.78 is 30.9. The quantitative estimate of drug-likeness (QED) is 0.409. The third kappa shape index (κ3) is 4.23. The number of fused-ring (bicyclic) bond motifs is 1. The molecule has 0 radical (unpaired) electrons. The Morgan fingerprint density at radius 2 is 1.58 bits per heavy atom. The van der Waals surface area contributed by atoms with Crippen LogP contribution < -0.4 is 20.7 Å². The molecule has 0 aliphatic rings. The van der Waals surface area contributed by atoms with Gasteiger partial charge in [-0.25, -0.2) is 4.79 Å². The van der Waals surface area contributed by atoms with E-state index in [-0.39, 0.29) is 27.1 Å². The summed E-state index contributed by atoms with van der Waals surface area (Å²) in [4.78, 5) is 40.1. The summed E-state index contributed by atoms with van der Waals surface area (Å²) in [5, 5.41) is 2.64. The van der Waals surface area contributed by atoms with Gasteiger partial charge in [0.2, 0.25) is 0 Å². The monoisotopic (exact) mass is 437 g/mol. The van der Waals surface area contributed by atoms with E-state index in [1.54, 1.807) is 36.4 Å². The average molecular weight is 437 g/mol. The van der Waals surface area contributed by atoms with Crippen molar-refractivity contribution in [2.75, 3.05) is 5.32 Å². The lowest BCUT2D eigenvalue weighted by molar-refractivity contribution is 0.102. The van der Waals surface area contributed by atoms with Gasteiger partial charge in [-0.2, -0.15) is 8.42 Å². The van der Waals surface area contributed by atoms with Crippen LogP contribution in [0.3, 0.4) is 0 Å². The van der Waals surface area contributed by atoms with E-state index in [1.165, 1.54) is 30.3 Å². The molecule has 0 aliphatic carbocycles. The molecular weight excluding hydrogens is 422 g/mol. The summed E-state index contributed by atoms with van der Waals surface area (Å²) in [6.45, 7) is 0. The SMILES string of the molecule is O=C(Nc1ccccc1)c1ccccc1OS(=O)(=O)c1ccc2[nH]c(=O)[nH]c(=O)c2c1. The smallest absolute Gasteiger partial charge is 0.339 e. The highest BCUT2D eigenvalue weighted by molar-refractivity contribution is 7.87. The molecule has 0 atom stereocenters. The standard InChI is InChI=1S/C21H15N3O6S/c25-19(22-13-6-2-1-3-7-13)15-8-4-5-9-18(15)30-31(28,29)14-10-11-17-16(12-14)20(26)24-21(27)23-17/h1-12H,(H,22,25)(H2,23,24,26,27). The van der Waals surface area contributed by atoms with Gasteiger partial charge < -0.3 is 14.5 Å². The van der Waals surface area contributed by atoms with Crippen molar-refractivity contribution in [3.05, 3.63) is 99.2 Å². The maximum absolute atomic E-state index is 12.8. The van der Waals surface area contributed by atoms with E-state index in [1.807, 2.05) is 4.98 Å². The molecule has 0 aliphatic heterocycles. The molecule has 1 amide bonds. The summed E-state index contributed by atoms with van der Waals surface area (Å²) >= 11 is 0. The maximum Gasteiger partial charge on any atom is 0.339 e. The molecule has 4 aromatic rings. The van der Waals surface area contributed by atoms with Crippen molar-refractivity contribution in [2.24, 2.45) is 0 Å². The van der Waals surface area contributed by atoms with E-state index < -0.39 is 27.3 Å². The fourth-order valence-corrected chi connectivity index (χ4v) is 3.89. The predicted octanol–water partition coefficient (Wildman–Crippen LogP) is 2.24. The molecule has 0 unspecified atom stereocenters. The van der Waals surface area contributed by atoms with Crippen LogP contribution in [0.2, 0.25) is 0 Å². The topological polar surface area (TPSA) is 138 Å². The predicted molar refractivity (Wildman–Crippen MR) is 114 cm³/mol. The molecule has 31 heavy (non-hydrogen) atoms. The Bertz CT molecular complexity index is 1510. The number of benzene rings is 3.